The van der Waals surface area contributed by atoms with Gasteiger partial charge in [0.1, 0.15) is 11.6 Å². The summed E-state index contributed by atoms with van der Waals surface area (Å²) in [4.78, 5) is 22.8. The quantitative estimate of drug-likeness (QED) is 0.915. The Hall–Kier alpha value is -2.43. The fourth-order valence-electron chi connectivity index (χ4n) is 3.11. The molecule has 1 saturated heterocycles. The Morgan fingerprint density at radius 2 is 2.00 bits per heavy atom. The van der Waals surface area contributed by atoms with E-state index in [-0.39, 0.29) is 5.91 Å². The van der Waals surface area contributed by atoms with Crippen LogP contribution in [0, 0.1) is 6.92 Å². The molecule has 0 radical (unpaired) electrons. The summed E-state index contributed by atoms with van der Waals surface area (Å²) in [7, 11) is 0. The molecule has 0 bridgehead atoms. The lowest BCUT2D eigenvalue weighted by atomic mass is 10.2. The smallest absolute Gasteiger partial charge is 0.222 e. The average Bonchev–Trinajstić information content (AvgIpc) is 3.34. The van der Waals surface area contributed by atoms with Crippen LogP contribution in [0.25, 0.3) is 0 Å². The number of rotatable bonds is 5. The van der Waals surface area contributed by atoms with Crippen LogP contribution >= 0.6 is 0 Å². The van der Waals surface area contributed by atoms with Crippen LogP contribution in [0.2, 0.25) is 0 Å². The minimum absolute atomic E-state index is 0.265. The van der Waals surface area contributed by atoms with Crippen molar-refractivity contribution in [1.29, 1.82) is 0 Å². The predicted molar refractivity (Wildman–Crippen MR) is 93.1 cm³/mol. The molecule has 2 aliphatic rings. The summed E-state index contributed by atoms with van der Waals surface area (Å²) in [5.74, 6) is 2.63. The number of carbonyl (C=O) groups excluding carboxylic acids is 1. The molecule has 24 heavy (non-hydrogen) atoms. The van der Waals surface area contributed by atoms with Crippen LogP contribution in [0.15, 0.2) is 30.3 Å². The largest absolute Gasteiger partial charge is 0.340 e. The summed E-state index contributed by atoms with van der Waals surface area (Å²) in [6.07, 6.45) is 4.07. The van der Waals surface area contributed by atoms with Gasteiger partial charge in [-0.05, 0) is 43.9 Å². The molecule has 5 nitrogen and oxygen atoms in total. The normalized spacial score (nSPS) is 17.4. The third-order valence-electron chi connectivity index (χ3n) is 4.59. The molecule has 1 amide bonds. The minimum atomic E-state index is 0.265. The van der Waals surface area contributed by atoms with Crippen molar-refractivity contribution in [3.05, 3.63) is 47.4 Å². The Bertz CT molecular complexity index is 752. The molecule has 1 N–H and O–H groups in total. The van der Waals surface area contributed by atoms with Crippen LogP contribution < -0.4 is 5.32 Å². The molecule has 5 heteroatoms. The first kappa shape index (κ1) is 15.1. The maximum Gasteiger partial charge on any atom is 0.222 e. The average molecular weight is 322 g/mol. The number of anilines is 2. The van der Waals surface area contributed by atoms with E-state index in [0.29, 0.717) is 18.9 Å². The van der Waals surface area contributed by atoms with Gasteiger partial charge in [-0.25, -0.2) is 9.97 Å². The number of aromatic nitrogens is 2. The zero-order valence-corrected chi connectivity index (χ0v) is 14.0. The van der Waals surface area contributed by atoms with Crippen molar-refractivity contribution in [3.63, 3.8) is 0 Å². The summed E-state index contributed by atoms with van der Waals surface area (Å²) in [6.45, 7) is 3.59. The predicted octanol–water partition coefficient (Wildman–Crippen LogP) is 3.53. The lowest BCUT2D eigenvalue weighted by Crippen LogP contribution is -2.23. The van der Waals surface area contributed by atoms with E-state index in [1.165, 1.54) is 12.8 Å². The zero-order chi connectivity index (χ0) is 16.5. The molecule has 1 aliphatic heterocycles. The van der Waals surface area contributed by atoms with Crippen LogP contribution in [0.1, 0.15) is 48.7 Å². The summed E-state index contributed by atoms with van der Waals surface area (Å²) in [5.41, 5.74) is 3.17. The van der Waals surface area contributed by atoms with E-state index >= 15 is 0 Å². The molecule has 0 spiro atoms. The molecule has 2 fully saturated rings. The molecule has 124 valence electrons. The third kappa shape index (κ3) is 3.40. The molecule has 1 aromatic heterocycles. The van der Waals surface area contributed by atoms with Gasteiger partial charge in [-0.2, -0.15) is 0 Å². The number of aryl methyl sites for hydroxylation is 1. The molecule has 1 aliphatic carbocycles. The van der Waals surface area contributed by atoms with Crippen molar-refractivity contribution >= 4 is 17.4 Å². The van der Waals surface area contributed by atoms with E-state index in [2.05, 4.69) is 27.4 Å². The van der Waals surface area contributed by atoms with Crippen molar-refractivity contribution in [2.45, 2.75) is 45.1 Å². The first-order valence-corrected chi connectivity index (χ1v) is 8.67. The Balaban J connectivity index is 1.44. The Morgan fingerprint density at radius 1 is 1.21 bits per heavy atom. The van der Waals surface area contributed by atoms with Gasteiger partial charge in [0.25, 0.3) is 0 Å². The second kappa shape index (κ2) is 6.23. The molecular weight excluding hydrogens is 300 g/mol. The lowest BCUT2D eigenvalue weighted by molar-refractivity contribution is -0.128. The standard InChI is InChI=1S/C19H22N4O/c1-13-11-17(22-19(20-13)15-6-7-15)21-16-8-4-14(5-9-16)12-23-10-2-3-18(23)24/h4-5,8-9,11,15H,2-3,6-7,10,12H2,1H3,(H,20,21,22). The van der Waals surface area contributed by atoms with Gasteiger partial charge in [0.2, 0.25) is 5.91 Å². The lowest BCUT2D eigenvalue weighted by Gasteiger charge is -2.16. The van der Waals surface area contributed by atoms with Gasteiger partial charge in [-0.1, -0.05) is 12.1 Å². The molecule has 4 rings (SSSR count). The van der Waals surface area contributed by atoms with Gasteiger partial charge >= 0.3 is 0 Å². The zero-order valence-electron chi connectivity index (χ0n) is 14.0. The molecule has 2 aromatic rings. The van der Waals surface area contributed by atoms with Crippen molar-refractivity contribution in [3.8, 4) is 0 Å². The van der Waals surface area contributed by atoms with Gasteiger partial charge in [-0.15, -0.1) is 0 Å². The number of amides is 1. The third-order valence-corrected chi connectivity index (χ3v) is 4.59. The number of likely N-dealkylation sites (tertiary alicyclic amines) is 1. The van der Waals surface area contributed by atoms with Crippen LogP contribution in [0.4, 0.5) is 11.5 Å². The Labute approximate surface area is 142 Å². The van der Waals surface area contributed by atoms with Gasteiger partial charge in [0, 0.05) is 42.9 Å². The fraction of sp³-hybridized carbons (Fsp3) is 0.421. The first-order valence-electron chi connectivity index (χ1n) is 8.67. The van der Waals surface area contributed by atoms with Crippen LogP contribution in [-0.2, 0) is 11.3 Å². The SMILES string of the molecule is Cc1cc(Nc2ccc(CN3CCCC3=O)cc2)nc(C2CC2)n1. The first-order chi connectivity index (χ1) is 11.7. The summed E-state index contributed by atoms with van der Waals surface area (Å²) in [6, 6.07) is 10.2. The number of carbonyl (C=O) groups is 1. The van der Waals surface area contributed by atoms with Gasteiger partial charge in [0.05, 0.1) is 0 Å². The number of hydrogen-bond acceptors (Lipinski definition) is 4. The topological polar surface area (TPSA) is 58.1 Å². The maximum atomic E-state index is 11.7. The highest BCUT2D eigenvalue weighted by molar-refractivity contribution is 5.78. The highest BCUT2D eigenvalue weighted by Gasteiger charge is 2.27. The van der Waals surface area contributed by atoms with E-state index in [9.17, 15) is 4.79 Å². The van der Waals surface area contributed by atoms with E-state index in [1.807, 2.05) is 30.0 Å². The summed E-state index contributed by atoms with van der Waals surface area (Å²) in [5, 5.41) is 3.37. The van der Waals surface area contributed by atoms with Crippen molar-refractivity contribution < 1.29 is 4.79 Å². The summed E-state index contributed by atoms with van der Waals surface area (Å²) < 4.78 is 0. The maximum absolute atomic E-state index is 11.7. The highest BCUT2D eigenvalue weighted by Crippen LogP contribution is 2.38. The molecule has 2 heterocycles. The molecular formula is C19H22N4O. The minimum Gasteiger partial charge on any atom is -0.340 e. The van der Waals surface area contributed by atoms with Crippen molar-refractivity contribution in [2.24, 2.45) is 0 Å². The van der Waals surface area contributed by atoms with Gasteiger partial charge in [0.15, 0.2) is 0 Å². The Morgan fingerprint density at radius 3 is 2.67 bits per heavy atom. The van der Waals surface area contributed by atoms with Crippen molar-refractivity contribution in [2.75, 3.05) is 11.9 Å². The molecule has 1 saturated carbocycles. The number of nitrogens with zero attached hydrogens (tertiary/aromatic N) is 3. The van der Waals surface area contributed by atoms with Gasteiger partial charge < -0.3 is 10.2 Å². The highest BCUT2D eigenvalue weighted by atomic mass is 16.2. The molecule has 1 aromatic carbocycles. The fourth-order valence-corrected chi connectivity index (χ4v) is 3.11. The number of hydrogen-bond donors (Lipinski definition) is 1. The van der Waals surface area contributed by atoms with Gasteiger partial charge in [-0.3, -0.25) is 4.79 Å². The van der Waals surface area contributed by atoms with E-state index in [4.69, 9.17) is 0 Å². The van der Waals surface area contributed by atoms with Crippen LogP contribution in [-0.4, -0.2) is 27.3 Å². The second-order valence-corrected chi connectivity index (χ2v) is 6.77. The number of benzene rings is 1. The second-order valence-electron chi connectivity index (χ2n) is 6.77. The number of nitrogens with one attached hydrogen (secondary N) is 1. The molecule has 0 atom stereocenters. The van der Waals surface area contributed by atoms with Crippen molar-refractivity contribution in [1.82, 2.24) is 14.9 Å². The van der Waals surface area contributed by atoms with Crippen LogP contribution in [0.5, 0.6) is 0 Å². The summed E-state index contributed by atoms with van der Waals surface area (Å²) >= 11 is 0. The van der Waals surface area contributed by atoms with E-state index < -0.39 is 0 Å². The van der Waals surface area contributed by atoms with E-state index in [0.717, 1.165) is 41.6 Å². The Kier molecular flexibility index (Phi) is 3.92. The van der Waals surface area contributed by atoms with Crippen LogP contribution in [0.3, 0.4) is 0 Å². The monoisotopic (exact) mass is 322 g/mol. The molecule has 0 unspecified atom stereocenters. The van der Waals surface area contributed by atoms with E-state index in [1.54, 1.807) is 0 Å².